The molecule has 1 N–H and O–H groups in total. The minimum Gasteiger partial charge on any atom is -0.352 e. The lowest BCUT2D eigenvalue weighted by Crippen LogP contribution is -2.40. The van der Waals surface area contributed by atoms with Crippen LogP contribution in [0, 0.1) is 0 Å². The smallest absolute Gasteiger partial charge is 0.220 e. The van der Waals surface area contributed by atoms with Crippen molar-refractivity contribution in [3.63, 3.8) is 0 Å². The first-order chi connectivity index (χ1) is 5.45. The van der Waals surface area contributed by atoms with Crippen LogP contribution in [0.5, 0.6) is 0 Å². The van der Waals surface area contributed by atoms with E-state index in [4.69, 9.17) is 0 Å². The molecule has 0 radical (unpaired) electrons. The largest absolute Gasteiger partial charge is 0.352 e. The van der Waals surface area contributed by atoms with Crippen LogP contribution in [0.25, 0.3) is 0 Å². The maximum atomic E-state index is 11.1. The Hall–Kier alpha value is -0.860. The Balaban J connectivity index is 3.53. The minimum atomic E-state index is -0.168. The minimum absolute atomic E-state index is 0.0179. The van der Waals surface area contributed by atoms with Crippen molar-refractivity contribution in [3.8, 4) is 0 Å². The van der Waals surface area contributed by atoms with Crippen LogP contribution in [0.3, 0.4) is 0 Å². The van der Waals surface area contributed by atoms with Crippen molar-refractivity contribution >= 4 is 12.2 Å². The molecule has 0 unspecified atom stereocenters. The Morgan fingerprint density at radius 3 is 2.42 bits per heavy atom. The summed E-state index contributed by atoms with van der Waals surface area (Å²) in [6.45, 7) is 5.81. The molecule has 3 heteroatoms. The monoisotopic (exact) mass is 171 g/mol. The number of hydrogen-bond donors (Lipinski definition) is 1. The normalized spacial score (nSPS) is 10.9. The Morgan fingerprint density at radius 2 is 2.00 bits per heavy atom. The van der Waals surface area contributed by atoms with Crippen LogP contribution in [-0.4, -0.2) is 17.7 Å². The molecule has 0 atom stereocenters. The second kappa shape index (κ2) is 4.91. The summed E-state index contributed by atoms with van der Waals surface area (Å²) in [6.07, 6.45) is 2.39. The molecular weight excluding hydrogens is 154 g/mol. The van der Waals surface area contributed by atoms with Gasteiger partial charge in [0.25, 0.3) is 0 Å². The molecule has 1 amide bonds. The van der Waals surface area contributed by atoms with Crippen molar-refractivity contribution < 1.29 is 9.59 Å². The van der Waals surface area contributed by atoms with E-state index in [0.717, 1.165) is 6.29 Å². The zero-order valence-electron chi connectivity index (χ0n) is 8.02. The molecule has 0 aliphatic heterocycles. The highest BCUT2D eigenvalue weighted by Gasteiger charge is 2.12. The summed E-state index contributed by atoms with van der Waals surface area (Å²) in [5.41, 5.74) is -0.168. The zero-order valence-corrected chi connectivity index (χ0v) is 8.02. The van der Waals surface area contributed by atoms with E-state index in [-0.39, 0.29) is 11.4 Å². The van der Waals surface area contributed by atoms with E-state index in [1.165, 1.54) is 0 Å². The molecule has 0 bridgehead atoms. The maximum Gasteiger partial charge on any atom is 0.220 e. The number of aldehydes is 1. The lowest BCUT2D eigenvalue weighted by molar-refractivity contribution is -0.122. The summed E-state index contributed by atoms with van der Waals surface area (Å²) < 4.78 is 0. The molecule has 0 aromatic carbocycles. The number of carbonyl (C=O) groups is 2. The van der Waals surface area contributed by atoms with Gasteiger partial charge in [-0.1, -0.05) is 0 Å². The molecule has 0 saturated carbocycles. The SMILES string of the molecule is CC(C)(C)NC(=O)CCCC=O. The fraction of sp³-hybridized carbons (Fsp3) is 0.778. The average Bonchev–Trinajstić information content (AvgIpc) is 1.84. The molecule has 70 valence electrons. The first kappa shape index (κ1) is 11.1. The topological polar surface area (TPSA) is 46.2 Å². The number of hydrogen-bond acceptors (Lipinski definition) is 2. The van der Waals surface area contributed by atoms with E-state index in [0.29, 0.717) is 19.3 Å². The molecule has 12 heavy (non-hydrogen) atoms. The first-order valence-corrected chi connectivity index (χ1v) is 4.20. The maximum absolute atomic E-state index is 11.1. The standard InChI is InChI=1S/C9H17NO2/c1-9(2,3)10-8(12)6-4-5-7-11/h7H,4-6H2,1-3H3,(H,10,12). The van der Waals surface area contributed by atoms with Crippen LogP contribution in [0.15, 0.2) is 0 Å². The lowest BCUT2D eigenvalue weighted by Gasteiger charge is -2.20. The van der Waals surface area contributed by atoms with Crippen molar-refractivity contribution in [1.82, 2.24) is 5.32 Å². The van der Waals surface area contributed by atoms with E-state index in [9.17, 15) is 9.59 Å². The van der Waals surface area contributed by atoms with Gasteiger partial charge in [0.15, 0.2) is 0 Å². The number of rotatable bonds is 4. The van der Waals surface area contributed by atoms with Gasteiger partial charge in [-0.3, -0.25) is 4.79 Å². The molecule has 0 fully saturated rings. The van der Waals surface area contributed by atoms with E-state index in [1.807, 2.05) is 20.8 Å². The Labute approximate surface area is 73.5 Å². The third kappa shape index (κ3) is 7.25. The third-order valence-electron chi connectivity index (χ3n) is 1.24. The number of amides is 1. The fourth-order valence-corrected chi connectivity index (χ4v) is 0.827. The van der Waals surface area contributed by atoms with E-state index in [2.05, 4.69) is 5.32 Å². The Kier molecular flexibility index (Phi) is 4.55. The van der Waals surface area contributed by atoms with Crippen molar-refractivity contribution in [3.05, 3.63) is 0 Å². The van der Waals surface area contributed by atoms with E-state index < -0.39 is 0 Å². The molecule has 0 heterocycles. The van der Waals surface area contributed by atoms with Gasteiger partial charge in [0.1, 0.15) is 6.29 Å². The Bertz CT molecular complexity index is 158. The van der Waals surface area contributed by atoms with Gasteiger partial charge < -0.3 is 10.1 Å². The highest BCUT2D eigenvalue weighted by molar-refractivity contribution is 5.76. The molecule has 0 saturated heterocycles. The summed E-state index contributed by atoms with van der Waals surface area (Å²) in [7, 11) is 0. The van der Waals surface area contributed by atoms with E-state index >= 15 is 0 Å². The van der Waals surface area contributed by atoms with E-state index in [1.54, 1.807) is 0 Å². The quantitative estimate of drug-likeness (QED) is 0.511. The second-order valence-corrected chi connectivity index (χ2v) is 3.86. The first-order valence-electron chi connectivity index (χ1n) is 4.20. The van der Waals surface area contributed by atoms with Crippen LogP contribution < -0.4 is 5.32 Å². The van der Waals surface area contributed by atoms with Crippen LogP contribution in [0.4, 0.5) is 0 Å². The van der Waals surface area contributed by atoms with Gasteiger partial charge in [-0.05, 0) is 27.2 Å². The molecule has 0 aromatic heterocycles. The van der Waals surface area contributed by atoms with Crippen molar-refractivity contribution in [2.24, 2.45) is 0 Å². The van der Waals surface area contributed by atoms with Crippen LogP contribution >= 0.6 is 0 Å². The number of nitrogens with one attached hydrogen (secondary N) is 1. The van der Waals surface area contributed by atoms with Crippen LogP contribution in [0.2, 0.25) is 0 Å². The second-order valence-electron chi connectivity index (χ2n) is 3.86. The summed E-state index contributed by atoms with van der Waals surface area (Å²) in [4.78, 5) is 21.0. The molecule has 0 aromatic rings. The molecule has 3 nitrogen and oxygen atoms in total. The zero-order chi connectivity index (χ0) is 9.61. The van der Waals surface area contributed by atoms with Gasteiger partial charge in [-0.25, -0.2) is 0 Å². The Morgan fingerprint density at radius 1 is 1.42 bits per heavy atom. The fourth-order valence-electron chi connectivity index (χ4n) is 0.827. The summed E-state index contributed by atoms with van der Waals surface area (Å²) in [5.74, 6) is 0.0179. The lowest BCUT2D eigenvalue weighted by atomic mass is 10.1. The van der Waals surface area contributed by atoms with Crippen molar-refractivity contribution in [2.45, 2.75) is 45.6 Å². The van der Waals surface area contributed by atoms with Gasteiger partial charge in [0.2, 0.25) is 5.91 Å². The van der Waals surface area contributed by atoms with Gasteiger partial charge in [-0.15, -0.1) is 0 Å². The predicted molar refractivity (Wildman–Crippen MR) is 47.8 cm³/mol. The van der Waals surface area contributed by atoms with Crippen molar-refractivity contribution in [1.29, 1.82) is 0 Å². The van der Waals surface area contributed by atoms with Crippen LogP contribution in [0.1, 0.15) is 40.0 Å². The molecule has 0 spiro atoms. The molecule has 0 rings (SSSR count). The third-order valence-corrected chi connectivity index (χ3v) is 1.24. The molecule has 0 aliphatic carbocycles. The predicted octanol–water partition coefficient (Wildman–Crippen LogP) is 1.27. The van der Waals surface area contributed by atoms with Gasteiger partial charge in [0, 0.05) is 18.4 Å². The summed E-state index contributed by atoms with van der Waals surface area (Å²) >= 11 is 0. The van der Waals surface area contributed by atoms with Gasteiger partial charge in [-0.2, -0.15) is 0 Å². The molecular formula is C9H17NO2. The van der Waals surface area contributed by atoms with Crippen molar-refractivity contribution in [2.75, 3.05) is 0 Å². The summed E-state index contributed by atoms with van der Waals surface area (Å²) in [6, 6.07) is 0. The number of unbranched alkanes of at least 4 members (excludes halogenated alkanes) is 1. The number of carbonyl (C=O) groups excluding carboxylic acids is 2. The van der Waals surface area contributed by atoms with Crippen LogP contribution in [-0.2, 0) is 9.59 Å². The van der Waals surface area contributed by atoms with Gasteiger partial charge in [0.05, 0.1) is 0 Å². The average molecular weight is 171 g/mol. The van der Waals surface area contributed by atoms with Gasteiger partial charge >= 0.3 is 0 Å². The summed E-state index contributed by atoms with van der Waals surface area (Å²) in [5, 5.41) is 2.82. The highest BCUT2D eigenvalue weighted by atomic mass is 16.1. The highest BCUT2D eigenvalue weighted by Crippen LogP contribution is 2.00. The molecule has 0 aliphatic rings.